The summed E-state index contributed by atoms with van der Waals surface area (Å²) >= 11 is 0. The van der Waals surface area contributed by atoms with Crippen LogP contribution in [0.25, 0.3) is 11.0 Å². The summed E-state index contributed by atoms with van der Waals surface area (Å²) in [5.41, 5.74) is 2.54. The second-order valence-corrected chi connectivity index (χ2v) is 7.68. The largest absolute Gasteiger partial charge is 0.378 e. The minimum absolute atomic E-state index is 0.0444. The predicted octanol–water partition coefficient (Wildman–Crippen LogP) is 0.829. The summed E-state index contributed by atoms with van der Waals surface area (Å²) in [6.45, 7) is 6.76. The third kappa shape index (κ3) is 3.17. The number of nitrogens with zero attached hydrogens (tertiary/aromatic N) is 3. The van der Waals surface area contributed by atoms with E-state index in [9.17, 15) is 9.59 Å². The first-order valence-electron chi connectivity index (χ1n) is 9.44. The number of morpholine rings is 1. The zero-order chi connectivity index (χ0) is 19.2. The molecule has 2 fully saturated rings. The minimum Gasteiger partial charge on any atom is -0.378 e. The van der Waals surface area contributed by atoms with Crippen LogP contribution in [0.5, 0.6) is 0 Å². The van der Waals surface area contributed by atoms with Gasteiger partial charge in [-0.15, -0.1) is 0 Å². The maximum atomic E-state index is 13.0. The van der Waals surface area contributed by atoms with Gasteiger partial charge in [0.2, 0.25) is 5.91 Å². The fourth-order valence-electron chi connectivity index (χ4n) is 4.29. The topological polar surface area (TPSA) is 89.5 Å². The van der Waals surface area contributed by atoms with Crippen molar-refractivity contribution in [2.75, 3.05) is 32.9 Å². The first kappa shape index (κ1) is 18.2. The van der Waals surface area contributed by atoms with Crippen molar-refractivity contribution < 1.29 is 14.3 Å². The van der Waals surface area contributed by atoms with E-state index < -0.39 is 0 Å². The van der Waals surface area contributed by atoms with Crippen molar-refractivity contribution in [2.24, 2.45) is 7.05 Å². The minimum atomic E-state index is -0.366. The number of ether oxygens (including phenoxy) is 2. The molecule has 8 nitrogen and oxygen atoms in total. The molecule has 1 atom stereocenters. The van der Waals surface area contributed by atoms with Gasteiger partial charge in [0.15, 0.2) is 5.65 Å². The van der Waals surface area contributed by atoms with Crippen LogP contribution in [0, 0.1) is 13.8 Å². The Labute approximate surface area is 157 Å². The number of H-pyrrole nitrogens is 1. The maximum absolute atomic E-state index is 13.0. The maximum Gasteiger partial charge on any atom is 0.273 e. The van der Waals surface area contributed by atoms with Crippen molar-refractivity contribution >= 4 is 16.9 Å². The molecule has 0 radical (unpaired) electrons. The lowest BCUT2D eigenvalue weighted by Gasteiger charge is -2.44. The molecule has 0 saturated carbocycles. The Morgan fingerprint density at radius 3 is 2.89 bits per heavy atom. The molecule has 2 saturated heterocycles. The molecule has 2 aliphatic rings. The number of aryl methyl sites for hydroxylation is 3. The van der Waals surface area contributed by atoms with Gasteiger partial charge < -0.3 is 14.4 Å². The van der Waals surface area contributed by atoms with Crippen LogP contribution >= 0.6 is 0 Å². The Kier molecular flexibility index (Phi) is 4.55. The van der Waals surface area contributed by atoms with E-state index in [2.05, 4.69) is 10.1 Å². The van der Waals surface area contributed by atoms with Crippen LogP contribution < -0.4 is 5.56 Å². The summed E-state index contributed by atoms with van der Waals surface area (Å²) in [4.78, 5) is 31.7. The number of nitrogens with one attached hydrogen (secondary N) is 1. The van der Waals surface area contributed by atoms with Crippen molar-refractivity contribution in [3.8, 4) is 0 Å². The van der Waals surface area contributed by atoms with E-state index >= 15 is 0 Å². The van der Waals surface area contributed by atoms with Crippen LogP contribution in [0.1, 0.15) is 29.7 Å². The highest BCUT2D eigenvalue weighted by molar-refractivity contribution is 5.84. The molecular formula is C19H26N4O4. The van der Waals surface area contributed by atoms with E-state index in [0.717, 1.165) is 36.3 Å². The highest BCUT2D eigenvalue weighted by Crippen LogP contribution is 2.28. The molecule has 0 aliphatic carbocycles. The van der Waals surface area contributed by atoms with E-state index in [1.807, 2.05) is 18.7 Å². The SMILES string of the molecule is Cc1nc2c(c(C)c1CC(=O)N1CCOC3(CCCOC3)C1)c(=O)[nH]n2C. The Morgan fingerprint density at radius 2 is 2.15 bits per heavy atom. The zero-order valence-corrected chi connectivity index (χ0v) is 16.1. The smallest absolute Gasteiger partial charge is 0.273 e. The molecule has 146 valence electrons. The molecule has 0 bridgehead atoms. The second kappa shape index (κ2) is 6.76. The van der Waals surface area contributed by atoms with Crippen LogP contribution in [-0.4, -0.2) is 64.1 Å². The monoisotopic (exact) mass is 374 g/mol. The van der Waals surface area contributed by atoms with Gasteiger partial charge >= 0.3 is 0 Å². The molecule has 4 rings (SSSR count). The molecule has 1 unspecified atom stereocenters. The van der Waals surface area contributed by atoms with Gasteiger partial charge in [-0.3, -0.25) is 19.4 Å². The second-order valence-electron chi connectivity index (χ2n) is 7.68. The summed E-state index contributed by atoms with van der Waals surface area (Å²) in [5.74, 6) is 0.0444. The van der Waals surface area contributed by atoms with Gasteiger partial charge in [0.25, 0.3) is 5.56 Å². The third-order valence-electron chi connectivity index (χ3n) is 5.79. The lowest BCUT2D eigenvalue weighted by Crippen LogP contribution is -2.57. The quantitative estimate of drug-likeness (QED) is 0.841. The van der Waals surface area contributed by atoms with Crippen molar-refractivity contribution in [3.05, 3.63) is 27.2 Å². The van der Waals surface area contributed by atoms with Gasteiger partial charge in [0.05, 0.1) is 31.6 Å². The van der Waals surface area contributed by atoms with Crippen LogP contribution in [0.4, 0.5) is 0 Å². The highest BCUT2D eigenvalue weighted by atomic mass is 16.5. The molecule has 1 N–H and O–H groups in total. The van der Waals surface area contributed by atoms with Gasteiger partial charge in [-0.2, -0.15) is 0 Å². The Balaban J connectivity index is 1.59. The molecule has 2 aromatic rings. The van der Waals surface area contributed by atoms with E-state index in [1.54, 1.807) is 11.7 Å². The van der Waals surface area contributed by atoms with Crippen LogP contribution in [-0.2, 0) is 27.7 Å². The van der Waals surface area contributed by atoms with Crippen LogP contribution in [0.2, 0.25) is 0 Å². The molecule has 1 amide bonds. The van der Waals surface area contributed by atoms with Gasteiger partial charge in [-0.05, 0) is 37.8 Å². The van der Waals surface area contributed by atoms with Crippen molar-refractivity contribution in [1.82, 2.24) is 19.7 Å². The fourth-order valence-corrected chi connectivity index (χ4v) is 4.29. The van der Waals surface area contributed by atoms with E-state index in [-0.39, 0.29) is 23.5 Å². The molecule has 2 aromatic heterocycles. The zero-order valence-electron chi connectivity index (χ0n) is 16.1. The van der Waals surface area contributed by atoms with Crippen molar-refractivity contribution in [3.63, 3.8) is 0 Å². The number of pyridine rings is 1. The number of hydrogen-bond donors (Lipinski definition) is 1. The number of fused-ring (bicyclic) bond motifs is 1. The Hall–Kier alpha value is -2.19. The molecule has 0 aromatic carbocycles. The molecule has 8 heteroatoms. The summed E-state index contributed by atoms with van der Waals surface area (Å²) < 4.78 is 13.2. The average Bonchev–Trinajstić information content (AvgIpc) is 2.92. The lowest BCUT2D eigenvalue weighted by atomic mass is 9.93. The van der Waals surface area contributed by atoms with Gasteiger partial charge in [-0.25, -0.2) is 4.98 Å². The van der Waals surface area contributed by atoms with E-state index in [1.165, 1.54) is 0 Å². The number of amides is 1. The van der Waals surface area contributed by atoms with Crippen LogP contribution in [0.3, 0.4) is 0 Å². The number of carbonyl (C=O) groups excluding carboxylic acids is 1. The summed E-state index contributed by atoms with van der Waals surface area (Å²) in [7, 11) is 1.76. The number of aromatic nitrogens is 3. The Bertz CT molecular complexity index is 934. The van der Waals surface area contributed by atoms with E-state index in [4.69, 9.17) is 9.47 Å². The molecule has 2 aliphatic heterocycles. The first-order valence-corrected chi connectivity index (χ1v) is 9.44. The van der Waals surface area contributed by atoms with Crippen molar-refractivity contribution in [1.29, 1.82) is 0 Å². The number of hydrogen-bond acceptors (Lipinski definition) is 5. The molecule has 27 heavy (non-hydrogen) atoms. The van der Waals surface area contributed by atoms with Gasteiger partial charge in [0.1, 0.15) is 5.60 Å². The molecule has 1 spiro atoms. The van der Waals surface area contributed by atoms with Crippen molar-refractivity contribution in [2.45, 2.75) is 38.7 Å². The average molecular weight is 374 g/mol. The predicted molar refractivity (Wildman–Crippen MR) is 99.8 cm³/mol. The van der Waals surface area contributed by atoms with Crippen LogP contribution in [0.15, 0.2) is 4.79 Å². The summed E-state index contributed by atoms with van der Waals surface area (Å²) in [6.07, 6.45) is 2.12. The summed E-state index contributed by atoms with van der Waals surface area (Å²) in [6, 6.07) is 0. The number of carbonyl (C=O) groups is 1. The number of rotatable bonds is 2. The summed E-state index contributed by atoms with van der Waals surface area (Å²) in [5, 5.41) is 3.30. The lowest BCUT2D eigenvalue weighted by molar-refractivity contribution is -0.176. The first-order chi connectivity index (χ1) is 12.9. The van der Waals surface area contributed by atoms with E-state index in [0.29, 0.717) is 37.3 Å². The Morgan fingerprint density at radius 1 is 1.33 bits per heavy atom. The molecular weight excluding hydrogens is 348 g/mol. The fraction of sp³-hybridized carbons (Fsp3) is 0.632. The standard InChI is InChI=1S/C19H26N4O4/c1-12-14(13(2)20-17-16(12)18(25)21-22(17)3)9-15(24)23-6-8-27-19(10-23)5-4-7-26-11-19/h4-11H2,1-3H3,(H,21,25). The van der Waals surface area contributed by atoms with Gasteiger partial charge in [0, 0.05) is 25.9 Å². The van der Waals surface area contributed by atoms with Gasteiger partial charge in [-0.1, -0.05) is 0 Å². The highest BCUT2D eigenvalue weighted by Gasteiger charge is 2.40. The molecule has 4 heterocycles. The third-order valence-corrected chi connectivity index (χ3v) is 5.79. The number of aromatic amines is 1. The normalized spacial score (nSPS) is 23.3.